The van der Waals surface area contributed by atoms with Gasteiger partial charge in [-0.1, -0.05) is 0 Å². The molecule has 16 heavy (non-hydrogen) atoms. The Kier molecular flexibility index (Phi) is 3.51. The number of benzene rings is 1. The van der Waals surface area contributed by atoms with Crippen molar-refractivity contribution < 1.29 is 13.9 Å². The lowest BCUT2D eigenvalue weighted by molar-refractivity contribution is 0.154. The van der Waals surface area contributed by atoms with Gasteiger partial charge in [0.05, 0.1) is 6.10 Å². The summed E-state index contributed by atoms with van der Waals surface area (Å²) in [5.41, 5.74) is 0.311. The van der Waals surface area contributed by atoms with Crippen molar-refractivity contribution in [3.63, 3.8) is 0 Å². The minimum absolute atomic E-state index is 0.251. The molecule has 0 radical (unpaired) electrons. The fourth-order valence-electron chi connectivity index (χ4n) is 2.13. The monoisotopic (exact) mass is 227 g/mol. The summed E-state index contributed by atoms with van der Waals surface area (Å²) in [4.78, 5) is 0. The van der Waals surface area contributed by atoms with Gasteiger partial charge >= 0.3 is 0 Å². The molecule has 1 aliphatic heterocycles. The molecule has 0 saturated carbocycles. The Morgan fingerprint density at radius 3 is 2.56 bits per heavy atom. The standard InChI is InChI=1S/C12H15F2NO/c13-9-4-8(5-10(14)6-9)12(16)7-11-2-1-3-15-11/h4-6,11-12,15-16H,1-3,7H2. The van der Waals surface area contributed by atoms with Gasteiger partial charge in [-0.25, -0.2) is 8.78 Å². The van der Waals surface area contributed by atoms with Crippen LogP contribution in [0.25, 0.3) is 0 Å². The summed E-state index contributed by atoms with van der Waals surface area (Å²) in [5, 5.41) is 13.1. The van der Waals surface area contributed by atoms with Crippen molar-refractivity contribution in [1.82, 2.24) is 5.32 Å². The molecule has 88 valence electrons. The molecule has 1 heterocycles. The predicted molar refractivity (Wildman–Crippen MR) is 57.0 cm³/mol. The molecule has 1 aromatic rings. The van der Waals surface area contributed by atoms with Gasteiger partial charge < -0.3 is 10.4 Å². The molecular weight excluding hydrogens is 212 g/mol. The van der Waals surface area contributed by atoms with Crippen LogP contribution in [0.5, 0.6) is 0 Å². The molecule has 1 fully saturated rings. The summed E-state index contributed by atoms with van der Waals surface area (Å²) in [5.74, 6) is -1.29. The molecule has 2 rings (SSSR count). The normalized spacial score (nSPS) is 22.3. The Morgan fingerprint density at radius 1 is 1.31 bits per heavy atom. The molecular formula is C12H15F2NO. The van der Waals surface area contributed by atoms with Crippen molar-refractivity contribution in [3.8, 4) is 0 Å². The van der Waals surface area contributed by atoms with Gasteiger partial charge in [0.25, 0.3) is 0 Å². The Bertz CT molecular complexity index is 344. The molecule has 2 nitrogen and oxygen atoms in total. The van der Waals surface area contributed by atoms with Crippen LogP contribution in [-0.2, 0) is 0 Å². The highest BCUT2D eigenvalue weighted by Crippen LogP contribution is 2.23. The van der Waals surface area contributed by atoms with Gasteiger partial charge in [0.15, 0.2) is 0 Å². The van der Waals surface area contributed by atoms with Crippen LogP contribution in [0.2, 0.25) is 0 Å². The summed E-state index contributed by atoms with van der Waals surface area (Å²) in [6.45, 7) is 0.953. The first-order valence-corrected chi connectivity index (χ1v) is 5.52. The summed E-state index contributed by atoms with van der Waals surface area (Å²) >= 11 is 0. The van der Waals surface area contributed by atoms with Gasteiger partial charge in [0.2, 0.25) is 0 Å². The molecule has 0 aromatic heterocycles. The second kappa shape index (κ2) is 4.89. The van der Waals surface area contributed by atoms with E-state index in [9.17, 15) is 13.9 Å². The fraction of sp³-hybridized carbons (Fsp3) is 0.500. The molecule has 4 heteroatoms. The molecule has 0 aliphatic carbocycles. The quantitative estimate of drug-likeness (QED) is 0.829. The molecule has 2 N–H and O–H groups in total. The third-order valence-electron chi connectivity index (χ3n) is 2.94. The van der Waals surface area contributed by atoms with Crippen molar-refractivity contribution in [1.29, 1.82) is 0 Å². The first-order chi connectivity index (χ1) is 7.65. The van der Waals surface area contributed by atoms with Crippen molar-refractivity contribution >= 4 is 0 Å². The van der Waals surface area contributed by atoms with Crippen LogP contribution in [0, 0.1) is 11.6 Å². The van der Waals surface area contributed by atoms with Crippen molar-refractivity contribution in [2.24, 2.45) is 0 Å². The van der Waals surface area contributed by atoms with E-state index in [4.69, 9.17) is 0 Å². The van der Waals surface area contributed by atoms with Crippen LogP contribution in [0.1, 0.15) is 30.9 Å². The van der Waals surface area contributed by atoms with Crippen LogP contribution in [0.3, 0.4) is 0 Å². The highest BCUT2D eigenvalue weighted by atomic mass is 19.1. The zero-order chi connectivity index (χ0) is 11.5. The number of aliphatic hydroxyl groups is 1. The fourth-order valence-corrected chi connectivity index (χ4v) is 2.13. The van der Waals surface area contributed by atoms with E-state index in [0.717, 1.165) is 25.5 Å². The number of aliphatic hydroxyl groups excluding tert-OH is 1. The Balaban J connectivity index is 2.04. The van der Waals surface area contributed by atoms with Gasteiger partial charge in [-0.05, 0) is 43.5 Å². The largest absolute Gasteiger partial charge is 0.388 e. The second-order valence-electron chi connectivity index (χ2n) is 4.25. The van der Waals surface area contributed by atoms with Crippen molar-refractivity contribution in [2.75, 3.05) is 6.54 Å². The number of halogens is 2. The lowest BCUT2D eigenvalue weighted by atomic mass is 10.0. The summed E-state index contributed by atoms with van der Waals surface area (Å²) in [7, 11) is 0. The van der Waals surface area contributed by atoms with Gasteiger partial charge in [0, 0.05) is 12.1 Å². The van der Waals surface area contributed by atoms with E-state index in [2.05, 4.69) is 5.32 Å². The van der Waals surface area contributed by atoms with E-state index in [0.29, 0.717) is 12.0 Å². The summed E-state index contributed by atoms with van der Waals surface area (Å²) < 4.78 is 25.9. The van der Waals surface area contributed by atoms with Crippen LogP contribution >= 0.6 is 0 Å². The molecule has 0 spiro atoms. The van der Waals surface area contributed by atoms with E-state index >= 15 is 0 Å². The summed E-state index contributed by atoms with van der Waals surface area (Å²) in [6, 6.07) is 3.43. The molecule has 0 amide bonds. The maximum atomic E-state index is 12.9. The van der Waals surface area contributed by atoms with E-state index in [1.54, 1.807) is 0 Å². The highest BCUT2D eigenvalue weighted by molar-refractivity contribution is 5.20. The van der Waals surface area contributed by atoms with Crippen LogP contribution in [0.4, 0.5) is 8.78 Å². The molecule has 2 unspecified atom stereocenters. The van der Waals surface area contributed by atoms with Crippen LogP contribution in [0.15, 0.2) is 18.2 Å². The zero-order valence-electron chi connectivity index (χ0n) is 8.92. The minimum atomic E-state index is -0.805. The molecule has 1 aliphatic rings. The van der Waals surface area contributed by atoms with Gasteiger partial charge in [0.1, 0.15) is 11.6 Å². The molecule has 1 saturated heterocycles. The number of rotatable bonds is 3. The SMILES string of the molecule is OC(CC1CCCN1)c1cc(F)cc(F)c1. The molecule has 1 aromatic carbocycles. The highest BCUT2D eigenvalue weighted by Gasteiger charge is 2.19. The zero-order valence-corrected chi connectivity index (χ0v) is 8.92. The average Bonchev–Trinajstić information content (AvgIpc) is 2.68. The Labute approximate surface area is 93.3 Å². The van der Waals surface area contributed by atoms with Crippen molar-refractivity contribution in [3.05, 3.63) is 35.4 Å². The minimum Gasteiger partial charge on any atom is -0.388 e. The van der Waals surface area contributed by atoms with Crippen molar-refractivity contribution in [2.45, 2.75) is 31.4 Å². The van der Waals surface area contributed by atoms with E-state index < -0.39 is 17.7 Å². The first-order valence-electron chi connectivity index (χ1n) is 5.52. The average molecular weight is 227 g/mol. The van der Waals surface area contributed by atoms with Gasteiger partial charge in [-0.3, -0.25) is 0 Å². The van der Waals surface area contributed by atoms with E-state index in [-0.39, 0.29) is 6.04 Å². The maximum absolute atomic E-state index is 12.9. The number of nitrogens with one attached hydrogen (secondary N) is 1. The van der Waals surface area contributed by atoms with Gasteiger partial charge in [-0.15, -0.1) is 0 Å². The topological polar surface area (TPSA) is 32.3 Å². The Morgan fingerprint density at radius 2 is 2.00 bits per heavy atom. The van der Waals surface area contributed by atoms with Gasteiger partial charge in [-0.2, -0.15) is 0 Å². The van der Waals surface area contributed by atoms with E-state index in [1.165, 1.54) is 12.1 Å². The predicted octanol–water partition coefficient (Wildman–Crippen LogP) is 2.14. The van der Waals surface area contributed by atoms with Crippen LogP contribution < -0.4 is 5.32 Å². The smallest absolute Gasteiger partial charge is 0.126 e. The maximum Gasteiger partial charge on any atom is 0.126 e. The molecule has 2 atom stereocenters. The third kappa shape index (κ3) is 2.77. The lowest BCUT2D eigenvalue weighted by Gasteiger charge is -2.16. The lowest BCUT2D eigenvalue weighted by Crippen LogP contribution is -2.23. The summed E-state index contributed by atoms with van der Waals surface area (Å²) in [6.07, 6.45) is 1.80. The van der Waals surface area contributed by atoms with E-state index in [1.807, 2.05) is 0 Å². The third-order valence-corrected chi connectivity index (χ3v) is 2.94. The number of hydrogen-bond donors (Lipinski definition) is 2. The second-order valence-corrected chi connectivity index (χ2v) is 4.25. The molecule has 0 bridgehead atoms. The first kappa shape index (κ1) is 11.5. The van der Waals surface area contributed by atoms with Crippen LogP contribution in [-0.4, -0.2) is 17.7 Å². The number of hydrogen-bond acceptors (Lipinski definition) is 2. The Hall–Kier alpha value is -1.00.